The predicted molar refractivity (Wildman–Crippen MR) is 123 cm³/mol. The molecule has 0 saturated carbocycles. The minimum absolute atomic E-state index is 0.0672. The average molecular weight is 456 g/mol. The number of rotatable bonds is 11. The third-order valence-electron chi connectivity index (χ3n) is 4.85. The lowest BCUT2D eigenvalue weighted by molar-refractivity contribution is -0.187. The molecule has 0 bridgehead atoms. The van der Waals surface area contributed by atoms with E-state index >= 15 is 0 Å². The monoisotopic (exact) mass is 455 g/mol. The van der Waals surface area contributed by atoms with Crippen LogP contribution in [0.1, 0.15) is 49.0 Å². The van der Waals surface area contributed by atoms with Gasteiger partial charge in [-0.05, 0) is 31.0 Å². The number of para-hydroxylation sites is 1. The number of carbonyl (C=O) groups is 2. The van der Waals surface area contributed by atoms with Gasteiger partial charge < -0.3 is 19.6 Å². The highest BCUT2D eigenvalue weighted by atomic mass is 16.8. The first-order valence-corrected chi connectivity index (χ1v) is 10.9. The highest BCUT2D eigenvalue weighted by Crippen LogP contribution is 2.29. The van der Waals surface area contributed by atoms with Crippen molar-refractivity contribution in [2.45, 2.75) is 45.5 Å². The molecule has 0 aliphatic carbocycles. The van der Waals surface area contributed by atoms with Crippen LogP contribution in [0.5, 0.6) is 0 Å². The summed E-state index contributed by atoms with van der Waals surface area (Å²) in [5.41, 5.74) is 5.08. The maximum Gasteiger partial charge on any atom is 0.511 e. The molecule has 1 heterocycles. The Labute approximate surface area is 193 Å². The molecular weight excluding hydrogens is 426 g/mol. The summed E-state index contributed by atoms with van der Waals surface area (Å²) in [5.74, 6) is -1.77. The van der Waals surface area contributed by atoms with Gasteiger partial charge in [0.2, 0.25) is 0 Å². The first-order chi connectivity index (χ1) is 16.0. The van der Waals surface area contributed by atoms with Crippen LogP contribution in [0.4, 0.5) is 10.5 Å². The first kappa shape index (κ1) is 24.1. The van der Waals surface area contributed by atoms with Gasteiger partial charge in [0.1, 0.15) is 0 Å². The van der Waals surface area contributed by atoms with Gasteiger partial charge in [0, 0.05) is 5.69 Å². The second kappa shape index (κ2) is 11.9. The molecule has 0 radical (unpaired) electrons. The number of benzene rings is 2. The largest absolute Gasteiger partial charge is 0.511 e. The summed E-state index contributed by atoms with van der Waals surface area (Å²) >= 11 is 0. The van der Waals surface area contributed by atoms with E-state index in [1.54, 1.807) is 31.2 Å². The van der Waals surface area contributed by atoms with Crippen LogP contribution in [0.3, 0.4) is 0 Å². The Bertz CT molecular complexity index is 966. The van der Waals surface area contributed by atoms with E-state index in [0.717, 1.165) is 24.1 Å². The van der Waals surface area contributed by atoms with E-state index in [2.05, 4.69) is 16.0 Å². The van der Waals surface area contributed by atoms with Crippen molar-refractivity contribution >= 4 is 23.5 Å². The Morgan fingerprint density at radius 3 is 2.61 bits per heavy atom. The van der Waals surface area contributed by atoms with E-state index in [9.17, 15) is 9.59 Å². The molecule has 1 atom stereocenters. The summed E-state index contributed by atoms with van der Waals surface area (Å²) in [6.07, 6.45) is 1.08. The fourth-order valence-electron chi connectivity index (χ4n) is 3.31. The summed E-state index contributed by atoms with van der Waals surface area (Å²) in [7, 11) is 0. The summed E-state index contributed by atoms with van der Waals surface area (Å²) in [6, 6.07) is 16.5. The molecule has 9 heteroatoms. The molecule has 1 unspecified atom stereocenters. The molecule has 176 valence electrons. The number of hydrogen-bond acceptors (Lipinski definition) is 8. The van der Waals surface area contributed by atoms with Gasteiger partial charge in [-0.15, -0.1) is 0 Å². The van der Waals surface area contributed by atoms with Crippen molar-refractivity contribution in [1.82, 2.24) is 5.48 Å². The van der Waals surface area contributed by atoms with Gasteiger partial charge in [-0.25, -0.2) is 10.3 Å². The van der Waals surface area contributed by atoms with Gasteiger partial charge in [0.05, 0.1) is 37.5 Å². The fraction of sp³-hybridized carbons (Fsp3) is 0.375. The SMILES string of the molecule is CCCC1=NOC(CNc2ccccc2C(=O)NOCc2ccccc2)(OC(=O)OCC)C1. The fourth-order valence-corrected chi connectivity index (χ4v) is 3.31. The maximum absolute atomic E-state index is 12.7. The lowest BCUT2D eigenvalue weighted by Gasteiger charge is -2.27. The zero-order valence-electron chi connectivity index (χ0n) is 18.8. The Morgan fingerprint density at radius 2 is 1.85 bits per heavy atom. The van der Waals surface area contributed by atoms with Crippen molar-refractivity contribution in [2.75, 3.05) is 18.5 Å². The molecular formula is C24H29N3O6. The van der Waals surface area contributed by atoms with Crippen molar-refractivity contribution in [1.29, 1.82) is 0 Å². The van der Waals surface area contributed by atoms with Crippen LogP contribution in [-0.4, -0.2) is 36.7 Å². The number of carbonyl (C=O) groups excluding carboxylic acids is 2. The normalized spacial score (nSPS) is 17.0. The van der Waals surface area contributed by atoms with Crippen molar-refractivity contribution < 1.29 is 28.7 Å². The molecule has 0 aromatic heterocycles. The lowest BCUT2D eigenvalue weighted by Crippen LogP contribution is -2.42. The standard InChI is InChI=1S/C24H29N3O6/c1-3-10-19-15-24(33-26-19,32-23(29)30-4-2)17-25-21-14-9-8-13-20(21)22(28)27-31-16-18-11-6-5-7-12-18/h5-9,11-14,25H,3-4,10,15-17H2,1-2H3,(H,27,28). The van der Waals surface area contributed by atoms with E-state index in [1.807, 2.05) is 37.3 Å². The number of nitrogens with one attached hydrogen (secondary N) is 2. The zero-order valence-corrected chi connectivity index (χ0v) is 18.8. The highest BCUT2D eigenvalue weighted by Gasteiger charge is 2.43. The van der Waals surface area contributed by atoms with E-state index in [0.29, 0.717) is 17.7 Å². The third kappa shape index (κ3) is 6.95. The van der Waals surface area contributed by atoms with Crippen molar-refractivity contribution in [3.63, 3.8) is 0 Å². The summed E-state index contributed by atoms with van der Waals surface area (Å²) in [5, 5.41) is 7.22. The van der Waals surface area contributed by atoms with Crippen molar-refractivity contribution in [3.8, 4) is 0 Å². The molecule has 0 fully saturated rings. The van der Waals surface area contributed by atoms with Gasteiger partial charge in [-0.2, -0.15) is 0 Å². The lowest BCUT2D eigenvalue weighted by atomic mass is 10.1. The summed E-state index contributed by atoms with van der Waals surface area (Å²) in [4.78, 5) is 35.6. The van der Waals surface area contributed by atoms with Gasteiger partial charge in [0.25, 0.3) is 5.91 Å². The van der Waals surface area contributed by atoms with Gasteiger partial charge in [0.15, 0.2) is 0 Å². The second-order valence-electron chi connectivity index (χ2n) is 7.48. The number of oxime groups is 1. The smallest absolute Gasteiger partial charge is 0.434 e. The molecule has 33 heavy (non-hydrogen) atoms. The Morgan fingerprint density at radius 1 is 1.09 bits per heavy atom. The topological polar surface area (TPSA) is 107 Å². The molecule has 3 rings (SSSR count). The average Bonchev–Trinajstić information content (AvgIpc) is 3.21. The molecule has 2 aromatic carbocycles. The van der Waals surface area contributed by atoms with Crippen molar-refractivity contribution in [2.24, 2.45) is 5.16 Å². The summed E-state index contributed by atoms with van der Waals surface area (Å²) in [6.45, 7) is 4.20. The van der Waals surface area contributed by atoms with Crippen LogP contribution >= 0.6 is 0 Å². The number of hydroxylamine groups is 1. The number of hydrogen-bond donors (Lipinski definition) is 2. The zero-order chi connectivity index (χ0) is 23.5. The number of amides is 1. The van der Waals surface area contributed by atoms with Crippen LogP contribution in [0.15, 0.2) is 59.8 Å². The molecule has 2 N–H and O–H groups in total. The van der Waals surface area contributed by atoms with Crippen LogP contribution in [0.2, 0.25) is 0 Å². The maximum atomic E-state index is 12.7. The first-order valence-electron chi connectivity index (χ1n) is 10.9. The van der Waals surface area contributed by atoms with E-state index in [-0.39, 0.29) is 19.8 Å². The quantitative estimate of drug-likeness (QED) is 0.382. The third-order valence-corrected chi connectivity index (χ3v) is 4.85. The molecule has 1 aliphatic heterocycles. The van der Waals surface area contributed by atoms with E-state index in [4.69, 9.17) is 19.1 Å². The number of nitrogens with zero attached hydrogens (tertiary/aromatic N) is 1. The van der Waals surface area contributed by atoms with Crippen LogP contribution < -0.4 is 10.8 Å². The van der Waals surface area contributed by atoms with Gasteiger partial charge in [-0.3, -0.25) is 9.63 Å². The molecule has 2 aromatic rings. The van der Waals surface area contributed by atoms with Crippen LogP contribution in [0, 0.1) is 0 Å². The number of anilines is 1. The molecule has 0 saturated heterocycles. The van der Waals surface area contributed by atoms with Gasteiger partial charge >= 0.3 is 11.9 Å². The van der Waals surface area contributed by atoms with Gasteiger partial charge in [-0.1, -0.05) is 61.0 Å². The minimum Gasteiger partial charge on any atom is -0.434 e. The second-order valence-corrected chi connectivity index (χ2v) is 7.48. The summed E-state index contributed by atoms with van der Waals surface area (Å²) < 4.78 is 10.4. The Balaban J connectivity index is 1.64. The van der Waals surface area contributed by atoms with Crippen LogP contribution in [0.25, 0.3) is 0 Å². The van der Waals surface area contributed by atoms with Crippen LogP contribution in [-0.2, 0) is 25.8 Å². The minimum atomic E-state index is -1.36. The molecule has 0 spiro atoms. The molecule has 1 amide bonds. The van der Waals surface area contributed by atoms with E-state index < -0.39 is 17.8 Å². The number of ether oxygens (including phenoxy) is 2. The molecule has 1 aliphatic rings. The Hall–Kier alpha value is -3.59. The van der Waals surface area contributed by atoms with Crippen molar-refractivity contribution in [3.05, 3.63) is 65.7 Å². The predicted octanol–water partition coefficient (Wildman–Crippen LogP) is 4.41. The highest BCUT2D eigenvalue weighted by molar-refractivity contribution is 5.99. The molecule has 9 nitrogen and oxygen atoms in total. The van der Waals surface area contributed by atoms with E-state index in [1.165, 1.54) is 0 Å². The Kier molecular flexibility index (Phi) is 8.65.